The molecule has 0 aromatic carbocycles. The van der Waals surface area contributed by atoms with E-state index in [1.165, 1.54) is 25.3 Å². The fourth-order valence-electron chi connectivity index (χ4n) is 2.05. The van der Waals surface area contributed by atoms with Crippen molar-refractivity contribution in [3.8, 4) is 0 Å². The summed E-state index contributed by atoms with van der Waals surface area (Å²) in [5, 5.41) is 0. The summed E-state index contributed by atoms with van der Waals surface area (Å²) in [6, 6.07) is 0.0720. The van der Waals surface area contributed by atoms with Crippen LogP contribution in [0.4, 0.5) is 0 Å². The van der Waals surface area contributed by atoms with Crippen LogP contribution >= 0.6 is 0 Å². The smallest absolute Gasteiger partial charge is 0.246 e. The van der Waals surface area contributed by atoms with E-state index in [-0.39, 0.29) is 24.3 Å². The Hall–Kier alpha value is -1.16. The highest BCUT2D eigenvalue weighted by molar-refractivity contribution is 5.88. The molecule has 122 valence electrons. The molecule has 0 spiro atoms. The second-order valence-corrected chi connectivity index (χ2v) is 5.58. The highest BCUT2D eigenvalue weighted by atomic mass is 16.5. The summed E-state index contributed by atoms with van der Waals surface area (Å²) in [5.74, 6) is -0.0827. The van der Waals surface area contributed by atoms with Crippen LogP contribution in [0.25, 0.3) is 0 Å². The highest BCUT2D eigenvalue weighted by Gasteiger charge is 2.15. The van der Waals surface area contributed by atoms with E-state index in [0.29, 0.717) is 19.6 Å². The summed E-state index contributed by atoms with van der Waals surface area (Å²) in [4.78, 5) is 25.0. The molecule has 0 bridgehead atoms. The molecule has 0 saturated heterocycles. The van der Waals surface area contributed by atoms with Crippen molar-refractivity contribution in [2.45, 2.75) is 65.3 Å². The summed E-state index contributed by atoms with van der Waals surface area (Å²) in [5.41, 5.74) is 0. The number of nitrogens with zero attached hydrogens (tertiary/aromatic N) is 1. The van der Waals surface area contributed by atoms with Crippen molar-refractivity contribution in [2.24, 2.45) is 0 Å². The Morgan fingerprint density at radius 2 is 1.86 bits per heavy atom. The maximum atomic E-state index is 11.7. The molecule has 1 amide bonds. The van der Waals surface area contributed by atoms with E-state index in [0.717, 1.165) is 12.8 Å². The molecule has 0 aliphatic carbocycles. The Morgan fingerprint density at radius 3 is 2.43 bits per heavy atom. The van der Waals surface area contributed by atoms with Gasteiger partial charge in [0.05, 0.1) is 0 Å². The number of amides is 1. The van der Waals surface area contributed by atoms with E-state index in [9.17, 15) is 9.59 Å². The standard InChI is InChI=1S/C17H31NO3/c1-5-7-8-9-10-13-21-14-16(19)11-12-18(15(3)4)17(20)6-2/h6,15H,2,5,7-14H2,1,3-4H3. The lowest BCUT2D eigenvalue weighted by molar-refractivity contribution is -0.129. The quantitative estimate of drug-likeness (QED) is 0.387. The van der Waals surface area contributed by atoms with Gasteiger partial charge in [-0.3, -0.25) is 9.59 Å². The SMILES string of the molecule is C=CC(=O)N(CCC(=O)COCCCCCCC)C(C)C. The molecule has 0 rings (SSSR count). The number of rotatable bonds is 13. The normalized spacial score (nSPS) is 10.7. The third-order valence-electron chi connectivity index (χ3n) is 3.37. The second kappa shape index (κ2) is 12.6. The summed E-state index contributed by atoms with van der Waals surface area (Å²) in [7, 11) is 0. The number of hydrogen-bond donors (Lipinski definition) is 0. The molecule has 0 N–H and O–H groups in total. The molecule has 0 radical (unpaired) electrons. The number of carbonyl (C=O) groups is 2. The number of unbranched alkanes of at least 4 members (excludes halogenated alkanes) is 4. The van der Waals surface area contributed by atoms with E-state index in [1.54, 1.807) is 4.90 Å². The van der Waals surface area contributed by atoms with Gasteiger partial charge in [-0.1, -0.05) is 39.2 Å². The van der Waals surface area contributed by atoms with Crippen LogP contribution in [-0.4, -0.2) is 42.4 Å². The van der Waals surface area contributed by atoms with Gasteiger partial charge < -0.3 is 9.64 Å². The van der Waals surface area contributed by atoms with Gasteiger partial charge in [-0.05, 0) is 26.3 Å². The van der Waals surface area contributed by atoms with Gasteiger partial charge >= 0.3 is 0 Å². The first-order valence-electron chi connectivity index (χ1n) is 8.05. The minimum absolute atomic E-state index is 0.0473. The monoisotopic (exact) mass is 297 g/mol. The Balaban J connectivity index is 3.74. The Labute approximate surface area is 129 Å². The van der Waals surface area contributed by atoms with E-state index in [1.807, 2.05) is 13.8 Å². The number of ketones is 1. The number of Topliss-reactive ketones (excluding diaryl/α,β-unsaturated/α-hetero) is 1. The molecule has 0 unspecified atom stereocenters. The van der Waals surface area contributed by atoms with E-state index >= 15 is 0 Å². The number of hydrogen-bond acceptors (Lipinski definition) is 3. The van der Waals surface area contributed by atoms with Gasteiger partial charge in [0, 0.05) is 25.6 Å². The minimum Gasteiger partial charge on any atom is -0.374 e. The molecule has 4 heteroatoms. The molecule has 0 heterocycles. The zero-order valence-corrected chi connectivity index (χ0v) is 13.9. The second-order valence-electron chi connectivity index (χ2n) is 5.58. The van der Waals surface area contributed by atoms with Gasteiger partial charge in [0.2, 0.25) is 5.91 Å². The van der Waals surface area contributed by atoms with Crippen molar-refractivity contribution in [3.05, 3.63) is 12.7 Å². The fourth-order valence-corrected chi connectivity index (χ4v) is 2.05. The zero-order valence-electron chi connectivity index (χ0n) is 13.9. The summed E-state index contributed by atoms with van der Waals surface area (Å²) in [6.45, 7) is 10.8. The van der Waals surface area contributed by atoms with Gasteiger partial charge in [0.25, 0.3) is 0 Å². The van der Waals surface area contributed by atoms with Crippen molar-refractivity contribution < 1.29 is 14.3 Å². The van der Waals surface area contributed by atoms with Crippen molar-refractivity contribution in [3.63, 3.8) is 0 Å². The van der Waals surface area contributed by atoms with Gasteiger partial charge in [0.15, 0.2) is 5.78 Å². The van der Waals surface area contributed by atoms with E-state index < -0.39 is 0 Å². The van der Waals surface area contributed by atoms with Crippen LogP contribution in [-0.2, 0) is 14.3 Å². The number of carbonyl (C=O) groups excluding carboxylic acids is 2. The summed E-state index contributed by atoms with van der Waals surface area (Å²) in [6.07, 6.45) is 7.54. The van der Waals surface area contributed by atoms with Crippen LogP contribution in [0.5, 0.6) is 0 Å². The Bertz CT molecular complexity index is 313. The zero-order chi connectivity index (χ0) is 16.1. The van der Waals surface area contributed by atoms with Crippen LogP contribution < -0.4 is 0 Å². The predicted octanol–water partition coefficient (Wildman–Crippen LogP) is 3.36. The minimum atomic E-state index is -0.130. The van der Waals surface area contributed by atoms with Crippen molar-refractivity contribution in [1.82, 2.24) is 4.90 Å². The van der Waals surface area contributed by atoms with E-state index in [2.05, 4.69) is 13.5 Å². The largest absolute Gasteiger partial charge is 0.374 e. The van der Waals surface area contributed by atoms with E-state index in [4.69, 9.17) is 4.74 Å². The highest BCUT2D eigenvalue weighted by Crippen LogP contribution is 2.04. The molecule has 0 aliphatic heterocycles. The van der Waals surface area contributed by atoms with Gasteiger partial charge in [-0.25, -0.2) is 0 Å². The summed E-state index contributed by atoms with van der Waals surface area (Å²) >= 11 is 0. The van der Waals surface area contributed by atoms with Gasteiger partial charge in [-0.2, -0.15) is 0 Å². The van der Waals surface area contributed by atoms with Crippen molar-refractivity contribution in [2.75, 3.05) is 19.8 Å². The lowest BCUT2D eigenvalue weighted by Crippen LogP contribution is -2.37. The molecular weight excluding hydrogens is 266 g/mol. The maximum Gasteiger partial charge on any atom is 0.246 e. The van der Waals surface area contributed by atoms with Crippen LogP contribution in [0.3, 0.4) is 0 Å². The fraction of sp³-hybridized carbons (Fsp3) is 0.765. The summed E-state index contributed by atoms with van der Waals surface area (Å²) < 4.78 is 5.38. The first-order chi connectivity index (χ1) is 10.0. The van der Waals surface area contributed by atoms with Gasteiger partial charge in [0.1, 0.15) is 6.61 Å². The molecule has 0 aliphatic rings. The topological polar surface area (TPSA) is 46.6 Å². The maximum absolute atomic E-state index is 11.7. The van der Waals surface area contributed by atoms with Crippen molar-refractivity contribution >= 4 is 11.7 Å². The average molecular weight is 297 g/mol. The first kappa shape index (κ1) is 19.8. The van der Waals surface area contributed by atoms with Crippen LogP contribution in [0, 0.1) is 0 Å². The molecule has 0 saturated carbocycles. The Morgan fingerprint density at radius 1 is 1.19 bits per heavy atom. The van der Waals surface area contributed by atoms with Crippen LogP contribution in [0.1, 0.15) is 59.3 Å². The average Bonchev–Trinajstić information content (AvgIpc) is 2.45. The molecule has 4 nitrogen and oxygen atoms in total. The lowest BCUT2D eigenvalue weighted by Gasteiger charge is -2.25. The molecular formula is C17H31NO3. The molecule has 0 aromatic rings. The van der Waals surface area contributed by atoms with Crippen LogP contribution in [0.15, 0.2) is 12.7 Å². The Kier molecular flexibility index (Phi) is 11.9. The third kappa shape index (κ3) is 10.2. The van der Waals surface area contributed by atoms with Crippen molar-refractivity contribution in [1.29, 1.82) is 0 Å². The number of ether oxygens (including phenoxy) is 1. The molecule has 21 heavy (non-hydrogen) atoms. The first-order valence-corrected chi connectivity index (χ1v) is 8.05. The molecule has 0 aromatic heterocycles. The predicted molar refractivity (Wildman–Crippen MR) is 86.2 cm³/mol. The van der Waals surface area contributed by atoms with Crippen LogP contribution in [0.2, 0.25) is 0 Å². The van der Waals surface area contributed by atoms with Gasteiger partial charge in [-0.15, -0.1) is 0 Å². The molecule has 0 atom stereocenters. The third-order valence-corrected chi connectivity index (χ3v) is 3.37. The molecule has 0 fully saturated rings. The lowest BCUT2D eigenvalue weighted by atomic mass is 10.2.